The lowest BCUT2D eigenvalue weighted by Gasteiger charge is -2.36. The fraction of sp³-hybridized carbons (Fsp3) is 0.200. The van der Waals surface area contributed by atoms with E-state index in [0.29, 0.717) is 17.7 Å². The number of aromatic nitrogens is 1. The van der Waals surface area contributed by atoms with E-state index in [4.69, 9.17) is 9.47 Å². The number of aliphatic hydroxyl groups is 1. The van der Waals surface area contributed by atoms with Crippen LogP contribution in [0.25, 0.3) is 0 Å². The van der Waals surface area contributed by atoms with Crippen molar-refractivity contribution in [1.82, 2.24) is 4.98 Å². The molecule has 2 N–H and O–H groups in total. The van der Waals surface area contributed by atoms with Crippen molar-refractivity contribution in [2.45, 2.75) is 36.6 Å². The molecule has 0 unspecified atom stereocenters. The second kappa shape index (κ2) is 12.2. The number of carbonyl (C=O) groups is 1. The molecule has 0 radical (unpaired) electrons. The highest BCUT2D eigenvalue weighted by Gasteiger charge is 2.32. The van der Waals surface area contributed by atoms with E-state index < -0.39 is 6.29 Å². The van der Waals surface area contributed by atoms with E-state index in [9.17, 15) is 9.90 Å². The number of benzene rings is 3. The van der Waals surface area contributed by atoms with Crippen LogP contribution in [0.3, 0.4) is 0 Å². The van der Waals surface area contributed by atoms with Gasteiger partial charge in [0.05, 0.1) is 23.8 Å². The Morgan fingerprint density at radius 2 is 1.73 bits per heavy atom. The number of ether oxygens (including phenoxy) is 2. The molecule has 0 bridgehead atoms. The molecule has 0 saturated carbocycles. The molecule has 0 spiro atoms. The molecule has 1 aliphatic heterocycles. The van der Waals surface area contributed by atoms with Crippen molar-refractivity contribution in [3.05, 3.63) is 126 Å². The zero-order chi connectivity index (χ0) is 25.5. The minimum Gasteiger partial charge on any atom is -0.392 e. The van der Waals surface area contributed by atoms with E-state index in [1.54, 1.807) is 30.1 Å². The van der Waals surface area contributed by atoms with Gasteiger partial charge in [-0.05, 0) is 47.5 Å². The summed E-state index contributed by atoms with van der Waals surface area (Å²) in [5.74, 6) is 0.557. The summed E-state index contributed by atoms with van der Waals surface area (Å²) in [4.78, 5) is 17.1. The molecule has 2 heterocycles. The van der Waals surface area contributed by atoms with Crippen molar-refractivity contribution in [3.63, 3.8) is 0 Å². The topological polar surface area (TPSA) is 80.7 Å². The third-order valence-corrected chi connectivity index (χ3v) is 7.20. The highest BCUT2D eigenvalue weighted by molar-refractivity contribution is 7.99. The number of rotatable bonds is 8. The van der Waals surface area contributed by atoms with Crippen LogP contribution >= 0.6 is 11.8 Å². The van der Waals surface area contributed by atoms with Crippen LogP contribution in [-0.4, -0.2) is 27.9 Å². The molecular weight excluding hydrogens is 484 g/mol. The standard InChI is InChI=1S/C30H28N2O4S/c33-19-21-12-14-22(15-13-21)27-18-26(20-37-28-11-4-5-16-31-28)35-30(36-27)24-9-6-10-25(17-24)32-29(34)23-7-2-1-3-8-23/h1-17,26-27,30,33H,18-20H2,(H,32,34)/t26-,27+,30+/m0/s1. The molecule has 0 aliphatic carbocycles. The van der Waals surface area contributed by atoms with E-state index >= 15 is 0 Å². The second-order valence-electron chi connectivity index (χ2n) is 8.77. The summed E-state index contributed by atoms with van der Waals surface area (Å²) >= 11 is 1.65. The molecule has 1 amide bonds. The first kappa shape index (κ1) is 25.2. The zero-order valence-corrected chi connectivity index (χ0v) is 21.0. The average Bonchev–Trinajstić information content (AvgIpc) is 2.97. The molecule has 1 aliphatic rings. The van der Waals surface area contributed by atoms with E-state index in [1.165, 1.54) is 0 Å². The lowest BCUT2D eigenvalue weighted by Crippen LogP contribution is -2.31. The first-order valence-corrected chi connectivity index (χ1v) is 13.2. The highest BCUT2D eigenvalue weighted by atomic mass is 32.2. The van der Waals surface area contributed by atoms with E-state index in [1.807, 2.05) is 84.9 Å². The molecule has 188 valence electrons. The van der Waals surface area contributed by atoms with Gasteiger partial charge in [-0.1, -0.05) is 60.7 Å². The number of nitrogens with one attached hydrogen (secondary N) is 1. The highest BCUT2D eigenvalue weighted by Crippen LogP contribution is 2.39. The maximum atomic E-state index is 12.7. The van der Waals surface area contributed by atoms with Gasteiger partial charge in [-0.3, -0.25) is 4.79 Å². The maximum absolute atomic E-state index is 12.7. The first-order valence-electron chi connectivity index (χ1n) is 12.2. The third-order valence-electron chi connectivity index (χ3n) is 6.12. The van der Waals surface area contributed by atoms with Crippen LogP contribution in [0.2, 0.25) is 0 Å². The maximum Gasteiger partial charge on any atom is 0.255 e. The molecule has 5 rings (SSSR count). The summed E-state index contributed by atoms with van der Waals surface area (Å²) in [6.07, 6.45) is 1.63. The van der Waals surface area contributed by atoms with Crippen LogP contribution < -0.4 is 5.32 Å². The number of amides is 1. The minimum atomic E-state index is -0.598. The number of pyridine rings is 1. The van der Waals surface area contributed by atoms with Gasteiger partial charge in [-0.25, -0.2) is 4.98 Å². The Morgan fingerprint density at radius 1 is 0.919 bits per heavy atom. The van der Waals surface area contributed by atoms with Crippen molar-refractivity contribution in [1.29, 1.82) is 0 Å². The molecule has 3 atom stereocenters. The Balaban J connectivity index is 1.35. The summed E-state index contributed by atoms with van der Waals surface area (Å²) in [7, 11) is 0. The van der Waals surface area contributed by atoms with Gasteiger partial charge in [0.15, 0.2) is 6.29 Å². The number of thioether (sulfide) groups is 1. The lowest BCUT2D eigenvalue weighted by atomic mass is 10.0. The average molecular weight is 513 g/mol. The van der Waals surface area contributed by atoms with Gasteiger partial charge >= 0.3 is 0 Å². The largest absolute Gasteiger partial charge is 0.392 e. The van der Waals surface area contributed by atoms with Gasteiger partial charge in [0.2, 0.25) is 0 Å². The number of anilines is 1. The van der Waals surface area contributed by atoms with Gasteiger partial charge in [-0.15, -0.1) is 11.8 Å². The quantitative estimate of drug-likeness (QED) is 0.275. The number of hydrogen-bond acceptors (Lipinski definition) is 6. The monoisotopic (exact) mass is 512 g/mol. The van der Waals surface area contributed by atoms with E-state index in [0.717, 1.165) is 27.5 Å². The Labute approximate surface area is 220 Å². The molecule has 7 heteroatoms. The Morgan fingerprint density at radius 3 is 2.49 bits per heavy atom. The van der Waals surface area contributed by atoms with E-state index in [2.05, 4.69) is 10.3 Å². The van der Waals surface area contributed by atoms with Crippen LogP contribution in [0.5, 0.6) is 0 Å². The van der Waals surface area contributed by atoms with Crippen molar-refractivity contribution in [2.24, 2.45) is 0 Å². The summed E-state index contributed by atoms with van der Waals surface area (Å²) in [6, 6.07) is 30.4. The summed E-state index contributed by atoms with van der Waals surface area (Å²) in [6.45, 7) is 0.00236. The van der Waals surface area contributed by atoms with E-state index in [-0.39, 0.29) is 24.7 Å². The molecule has 37 heavy (non-hydrogen) atoms. The van der Waals surface area contributed by atoms with Crippen molar-refractivity contribution in [3.8, 4) is 0 Å². The Bertz CT molecular complexity index is 1300. The smallest absolute Gasteiger partial charge is 0.255 e. The van der Waals surface area contributed by atoms with Crippen molar-refractivity contribution >= 4 is 23.4 Å². The summed E-state index contributed by atoms with van der Waals surface area (Å²) < 4.78 is 12.8. The first-order chi connectivity index (χ1) is 18.2. The van der Waals surface area contributed by atoms with Gasteiger partial charge in [-0.2, -0.15) is 0 Å². The predicted molar refractivity (Wildman–Crippen MR) is 144 cm³/mol. The summed E-state index contributed by atoms with van der Waals surface area (Å²) in [5.41, 5.74) is 3.99. The number of aliphatic hydroxyl groups excluding tert-OH is 1. The second-order valence-corrected chi connectivity index (χ2v) is 9.82. The number of carbonyl (C=O) groups excluding carboxylic acids is 1. The van der Waals surface area contributed by atoms with Crippen LogP contribution in [-0.2, 0) is 16.1 Å². The fourth-order valence-electron chi connectivity index (χ4n) is 4.19. The van der Waals surface area contributed by atoms with Crippen LogP contribution in [0.15, 0.2) is 108 Å². The minimum absolute atomic E-state index is 0.00236. The van der Waals surface area contributed by atoms with Crippen molar-refractivity contribution < 1.29 is 19.4 Å². The predicted octanol–water partition coefficient (Wildman–Crippen LogP) is 6.16. The molecule has 6 nitrogen and oxygen atoms in total. The van der Waals surface area contributed by atoms with Gasteiger partial charge < -0.3 is 19.9 Å². The molecule has 1 saturated heterocycles. The van der Waals surface area contributed by atoms with Crippen molar-refractivity contribution in [2.75, 3.05) is 11.1 Å². The zero-order valence-electron chi connectivity index (χ0n) is 20.2. The molecular formula is C30H28N2O4S. The number of hydrogen-bond donors (Lipinski definition) is 2. The molecule has 1 aromatic heterocycles. The van der Waals surface area contributed by atoms with Crippen LogP contribution in [0, 0.1) is 0 Å². The van der Waals surface area contributed by atoms with Gasteiger partial charge in [0.1, 0.15) is 0 Å². The van der Waals surface area contributed by atoms with Gasteiger partial charge in [0, 0.05) is 35.2 Å². The fourth-order valence-corrected chi connectivity index (χ4v) is 5.07. The lowest BCUT2D eigenvalue weighted by molar-refractivity contribution is -0.245. The summed E-state index contributed by atoms with van der Waals surface area (Å²) in [5, 5.41) is 13.3. The van der Waals surface area contributed by atoms with Gasteiger partial charge in [0.25, 0.3) is 5.91 Å². The van der Waals surface area contributed by atoms with Crippen LogP contribution in [0.1, 0.15) is 45.9 Å². The number of nitrogens with zero attached hydrogens (tertiary/aromatic N) is 1. The SMILES string of the molecule is O=C(Nc1cccc([C@@H]2O[C@H](CSc3ccccn3)C[C@H](c3ccc(CO)cc3)O2)c1)c1ccccc1. The Hall–Kier alpha value is -3.49. The molecule has 3 aromatic carbocycles. The third kappa shape index (κ3) is 6.64. The normalized spacial score (nSPS) is 19.3. The Kier molecular flexibility index (Phi) is 8.28. The molecule has 4 aromatic rings. The van der Waals surface area contributed by atoms with Crippen LogP contribution in [0.4, 0.5) is 5.69 Å². The molecule has 1 fully saturated rings.